The summed E-state index contributed by atoms with van der Waals surface area (Å²) in [6.45, 7) is 2.04. The minimum atomic E-state index is -0.958. The van der Waals surface area contributed by atoms with E-state index in [9.17, 15) is 9.90 Å². The van der Waals surface area contributed by atoms with Gasteiger partial charge in [0.15, 0.2) is 0 Å². The first-order chi connectivity index (χ1) is 8.49. The van der Waals surface area contributed by atoms with E-state index in [1.807, 2.05) is 29.8 Å². The number of nitrogens with two attached hydrogens (primary N) is 1. The third-order valence-electron chi connectivity index (χ3n) is 3.48. The number of rotatable bonds is 4. The lowest BCUT2D eigenvalue weighted by Crippen LogP contribution is -2.34. The second kappa shape index (κ2) is 4.42. The van der Waals surface area contributed by atoms with Crippen molar-refractivity contribution in [2.45, 2.75) is 18.8 Å². The Morgan fingerprint density at radius 1 is 1.56 bits per heavy atom. The number of nitrogens with zero attached hydrogens (tertiary/aromatic N) is 2. The fourth-order valence-corrected chi connectivity index (χ4v) is 2.14. The van der Waals surface area contributed by atoms with Gasteiger partial charge < -0.3 is 15.4 Å². The summed E-state index contributed by atoms with van der Waals surface area (Å²) < 4.78 is 1.90. The molecule has 0 bridgehead atoms. The van der Waals surface area contributed by atoms with E-state index >= 15 is 0 Å². The number of carbonyl (C=O) groups is 1. The monoisotopic (exact) mass is 247 g/mol. The molecule has 18 heavy (non-hydrogen) atoms. The summed E-state index contributed by atoms with van der Waals surface area (Å²) in [6.07, 6.45) is 2.12. The number of aryl methyl sites for hydroxylation is 1. The Balaban J connectivity index is 2.54. The van der Waals surface area contributed by atoms with Crippen LogP contribution in [0.25, 0.3) is 11.0 Å². The summed E-state index contributed by atoms with van der Waals surface area (Å²) in [7, 11) is 1.91. The first kappa shape index (κ1) is 12.6. The molecule has 0 spiro atoms. The van der Waals surface area contributed by atoms with Crippen molar-refractivity contribution < 1.29 is 9.90 Å². The van der Waals surface area contributed by atoms with Crippen LogP contribution in [0.15, 0.2) is 24.5 Å². The zero-order valence-electron chi connectivity index (χ0n) is 10.6. The molecule has 1 unspecified atom stereocenters. The Kier molecular flexibility index (Phi) is 3.09. The van der Waals surface area contributed by atoms with E-state index in [2.05, 4.69) is 4.98 Å². The van der Waals surface area contributed by atoms with E-state index in [4.69, 9.17) is 5.73 Å². The molecular weight excluding hydrogens is 230 g/mol. The summed E-state index contributed by atoms with van der Waals surface area (Å²) in [5.74, 6) is -0.858. The van der Waals surface area contributed by atoms with Gasteiger partial charge in [-0.15, -0.1) is 0 Å². The van der Waals surface area contributed by atoms with Crippen LogP contribution in [0.5, 0.6) is 0 Å². The van der Waals surface area contributed by atoms with Crippen molar-refractivity contribution in [3.05, 3.63) is 30.1 Å². The van der Waals surface area contributed by atoms with Crippen LogP contribution in [0.2, 0.25) is 0 Å². The number of hydrogen-bond acceptors (Lipinski definition) is 3. The fourth-order valence-electron chi connectivity index (χ4n) is 2.14. The molecule has 0 saturated carbocycles. The summed E-state index contributed by atoms with van der Waals surface area (Å²) >= 11 is 0. The zero-order valence-corrected chi connectivity index (χ0v) is 10.6. The Hall–Kier alpha value is -1.88. The van der Waals surface area contributed by atoms with E-state index in [0.717, 1.165) is 16.6 Å². The first-order valence-electron chi connectivity index (χ1n) is 5.84. The number of fused-ring (bicyclic) bond motifs is 1. The van der Waals surface area contributed by atoms with Crippen LogP contribution < -0.4 is 5.73 Å². The molecule has 1 atom stereocenters. The quantitative estimate of drug-likeness (QED) is 0.852. The minimum Gasteiger partial charge on any atom is -0.481 e. The molecule has 1 aromatic carbocycles. The average molecular weight is 247 g/mol. The smallest absolute Gasteiger partial charge is 0.313 e. The molecule has 2 aromatic rings. The fraction of sp³-hybridized carbons (Fsp3) is 0.385. The molecule has 1 aromatic heterocycles. The number of imidazole rings is 1. The minimum absolute atomic E-state index is 0.336. The summed E-state index contributed by atoms with van der Waals surface area (Å²) in [5, 5.41) is 9.41. The lowest BCUT2D eigenvalue weighted by Gasteiger charge is -2.24. The van der Waals surface area contributed by atoms with Crippen molar-refractivity contribution in [1.82, 2.24) is 9.55 Å². The molecule has 0 saturated heterocycles. The lowest BCUT2D eigenvalue weighted by atomic mass is 9.79. The van der Waals surface area contributed by atoms with Crippen LogP contribution in [-0.2, 0) is 17.3 Å². The topological polar surface area (TPSA) is 81.1 Å². The van der Waals surface area contributed by atoms with E-state index in [0.29, 0.717) is 13.0 Å². The molecular formula is C13H17N3O2. The Labute approximate surface area is 105 Å². The van der Waals surface area contributed by atoms with Gasteiger partial charge in [0.25, 0.3) is 0 Å². The largest absolute Gasteiger partial charge is 0.481 e. The van der Waals surface area contributed by atoms with Crippen LogP contribution in [0.3, 0.4) is 0 Å². The van der Waals surface area contributed by atoms with Crippen LogP contribution in [0.1, 0.15) is 18.9 Å². The van der Waals surface area contributed by atoms with Crippen LogP contribution >= 0.6 is 0 Å². The average Bonchev–Trinajstić information content (AvgIpc) is 2.70. The second-order valence-electron chi connectivity index (χ2n) is 4.73. The van der Waals surface area contributed by atoms with Gasteiger partial charge in [0.2, 0.25) is 0 Å². The Morgan fingerprint density at radius 3 is 2.89 bits per heavy atom. The van der Waals surface area contributed by atoms with Crippen molar-refractivity contribution in [2.24, 2.45) is 12.8 Å². The highest BCUT2D eigenvalue weighted by Gasteiger charge is 2.34. The number of hydrogen-bond donors (Lipinski definition) is 2. The van der Waals surface area contributed by atoms with Crippen LogP contribution in [0.4, 0.5) is 0 Å². The second-order valence-corrected chi connectivity index (χ2v) is 4.73. The lowest BCUT2D eigenvalue weighted by molar-refractivity contribution is -0.143. The van der Waals surface area contributed by atoms with Crippen molar-refractivity contribution >= 4 is 17.0 Å². The maximum atomic E-state index is 11.5. The SMILES string of the molecule is Cn1cnc2cc(C(C)(CCN)C(=O)O)ccc21. The van der Waals surface area contributed by atoms with Crippen molar-refractivity contribution in [3.63, 3.8) is 0 Å². The maximum absolute atomic E-state index is 11.5. The number of benzene rings is 1. The molecule has 5 heteroatoms. The Morgan fingerprint density at radius 2 is 2.28 bits per heavy atom. The van der Waals surface area contributed by atoms with Crippen LogP contribution in [0, 0.1) is 0 Å². The molecule has 96 valence electrons. The van der Waals surface area contributed by atoms with Gasteiger partial charge in [0.05, 0.1) is 22.8 Å². The molecule has 0 amide bonds. The van der Waals surface area contributed by atoms with Gasteiger partial charge in [-0.3, -0.25) is 4.79 Å². The molecule has 0 aliphatic carbocycles. The normalized spacial score (nSPS) is 14.6. The van der Waals surface area contributed by atoms with Crippen molar-refractivity contribution in [3.8, 4) is 0 Å². The number of carboxylic acids is 1. The van der Waals surface area contributed by atoms with E-state index in [1.54, 1.807) is 13.3 Å². The van der Waals surface area contributed by atoms with Gasteiger partial charge in [-0.1, -0.05) is 6.07 Å². The van der Waals surface area contributed by atoms with Crippen molar-refractivity contribution in [1.29, 1.82) is 0 Å². The Bertz CT molecular complexity index is 591. The molecule has 0 radical (unpaired) electrons. The number of aromatic nitrogens is 2. The maximum Gasteiger partial charge on any atom is 0.313 e. The van der Waals surface area contributed by atoms with E-state index in [1.165, 1.54) is 0 Å². The van der Waals surface area contributed by atoms with Gasteiger partial charge >= 0.3 is 5.97 Å². The molecule has 3 N–H and O–H groups in total. The predicted molar refractivity (Wildman–Crippen MR) is 69.4 cm³/mol. The summed E-state index contributed by atoms with van der Waals surface area (Å²) in [5.41, 5.74) is 7.10. The molecule has 5 nitrogen and oxygen atoms in total. The van der Waals surface area contributed by atoms with Gasteiger partial charge in [-0.25, -0.2) is 4.98 Å². The molecule has 1 heterocycles. The number of aliphatic carboxylic acids is 1. The highest BCUT2D eigenvalue weighted by Crippen LogP contribution is 2.29. The summed E-state index contributed by atoms with van der Waals surface area (Å²) in [4.78, 5) is 15.7. The first-order valence-corrected chi connectivity index (χ1v) is 5.84. The zero-order chi connectivity index (χ0) is 13.3. The molecule has 0 aliphatic rings. The van der Waals surface area contributed by atoms with Crippen LogP contribution in [-0.4, -0.2) is 27.2 Å². The van der Waals surface area contributed by atoms with Gasteiger partial charge in [0, 0.05) is 7.05 Å². The highest BCUT2D eigenvalue weighted by atomic mass is 16.4. The third kappa shape index (κ3) is 1.86. The molecule has 0 aliphatic heterocycles. The highest BCUT2D eigenvalue weighted by molar-refractivity contribution is 5.84. The standard InChI is InChI=1S/C13H17N3O2/c1-13(5-6-14,12(17)18)9-3-4-11-10(7-9)15-8-16(11)2/h3-4,7-8H,5-6,14H2,1-2H3,(H,17,18). The van der Waals surface area contributed by atoms with Crippen molar-refractivity contribution in [2.75, 3.05) is 6.54 Å². The molecule has 2 rings (SSSR count). The van der Waals surface area contributed by atoms with E-state index in [-0.39, 0.29) is 0 Å². The van der Waals surface area contributed by atoms with Gasteiger partial charge in [0.1, 0.15) is 0 Å². The summed E-state index contributed by atoms with van der Waals surface area (Å²) in [6, 6.07) is 5.57. The van der Waals surface area contributed by atoms with Gasteiger partial charge in [-0.2, -0.15) is 0 Å². The van der Waals surface area contributed by atoms with Gasteiger partial charge in [-0.05, 0) is 37.6 Å². The number of carboxylic acid groups (broad SMARTS) is 1. The molecule has 0 fully saturated rings. The predicted octanol–water partition coefficient (Wildman–Crippen LogP) is 1.26. The van der Waals surface area contributed by atoms with E-state index < -0.39 is 11.4 Å². The third-order valence-corrected chi connectivity index (χ3v) is 3.48.